The summed E-state index contributed by atoms with van der Waals surface area (Å²) < 4.78 is 22.1. The van der Waals surface area contributed by atoms with Gasteiger partial charge in [0.25, 0.3) is 0 Å². The van der Waals surface area contributed by atoms with E-state index >= 15 is 0 Å². The molecule has 0 spiro atoms. The topological polar surface area (TPSA) is 86.3 Å². The maximum absolute atomic E-state index is 13.0. The van der Waals surface area contributed by atoms with E-state index in [-0.39, 0.29) is 19.9 Å². The summed E-state index contributed by atoms with van der Waals surface area (Å²) in [6.45, 7) is 8.50. The number of fused-ring (bicyclic) bond motifs is 1. The maximum Gasteiger partial charge on any atom is 0.412 e. The molecule has 184 valence electrons. The van der Waals surface area contributed by atoms with Crippen molar-refractivity contribution in [1.82, 2.24) is 4.90 Å². The molecular formula is C26H34N2O6. The molecule has 0 radical (unpaired) electrons. The fraction of sp³-hybridized carbons (Fsp3) is 0.462. The Hall–Kier alpha value is -3.42. The molecule has 1 aliphatic heterocycles. The van der Waals surface area contributed by atoms with Crippen molar-refractivity contribution in [2.75, 3.05) is 18.7 Å². The van der Waals surface area contributed by atoms with Gasteiger partial charge in [0.1, 0.15) is 12.2 Å². The summed E-state index contributed by atoms with van der Waals surface area (Å²) in [5, 5.41) is 2.79. The number of unbranched alkanes of at least 4 members (excludes halogenated alkanes) is 2. The monoisotopic (exact) mass is 470 g/mol. The number of benzene rings is 2. The summed E-state index contributed by atoms with van der Waals surface area (Å²) in [5.74, 6) is 0.952. The third-order valence-corrected chi connectivity index (χ3v) is 5.11. The van der Waals surface area contributed by atoms with Crippen molar-refractivity contribution in [3.8, 4) is 11.5 Å². The van der Waals surface area contributed by atoms with Gasteiger partial charge >= 0.3 is 12.2 Å². The molecule has 0 saturated heterocycles. The molecule has 1 aliphatic rings. The molecular weight excluding hydrogens is 436 g/mol. The highest BCUT2D eigenvalue weighted by Crippen LogP contribution is 2.42. The van der Waals surface area contributed by atoms with E-state index in [0.29, 0.717) is 29.3 Å². The number of hydrogen-bond donors (Lipinski definition) is 1. The van der Waals surface area contributed by atoms with E-state index in [4.69, 9.17) is 18.9 Å². The van der Waals surface area contributed by atoms with Crippen LogP contribution >= 0.6 is 0 Å². The molecule has 2 aromatic rings. The van der Waals surface area contributed by atoms with E-state index in [2.05, 4.69) is 12.2 Å². The molecule has 34 heavy (non-hydrogen) atoms. The van der Waals surface area contributed by atoms with Crippen LogP contribution in [0.25, 0.3) is 0 Å². The molecule has 2 amide bonds. The van der Waals surface area contributed by atoms with Crippen LogP contribution in [0, 0.1) is 0 Å². The van der Waals surface area contributed by atoms with Gasteiger partial charge in [-0.25, -0.2) is 9.59 Å². The minimum atomic E-state index is -0.660. The van der Waals surface area contributed by atoms with Crippen LogP contribution in [0.2, 0.25) is 0 Å². The van der Waals surface area contributed by atoms with Crippen LogP contribution in [0.15, 0.2) is 42.5 Å². The van der Waals surface area contributed by atoms with Crippen LogP contribution in [0.1, 0.15) is 58.1 Å². The Bertz CT molecular complexity index is 971. The quantitative estimate of drug-likeness (QED) is 0.446. The highest BCUT2D eigenvalue weighted by atomic mass is 16.7. The molecule has 1 heterocycles. The molecule has 0 fully saturated rings. The highest BCUT2D eigenvalue weighted by Gasteiger charge is 2.26. The van der Waals surface area contributed by atoms with Crippen LogP contribution in [0.4, 0.5) is 15.3 Å². The van der Waals surface area contributed by atoms with Gasteiger partial charge in [-0.05, 0) is 44.4 Å². The van der Waals surface area contributed by atoms with E-state index in [0.717, 1.165) is 24.8 Å². The number of nitrogens with one attached hydrogen (secondary N) is 1. The third-order valence-electron chi connectivity index (χ3n) is 5.11. The molecule has 8 nitrogen and oxygen atoms in total. The third kappa shape index (κ3) is 7.30. The molecule has 0 atom stereocenters. The Balaban J connectivity index is 1.80. The fourth-order valence-electron chi connectivity index (χ4n) is 3.49. The molecule has 2 aromatic carbocycles. The lowest BCUT2D eigenvalue weighted by atomic mass is 10.1. The Morgan fingerprint density at radius 2 is 1.82 bits per heavy atom. The average Bonchev–Trinajstić information content (AvgIpc) is 3.27. The number of rotatable bonds is 9. The van der Waals surface area contributed by atoms with E-state index < -0.39 is 17.8 Å². The Labute approximate surface area is 201 Å². The predicted molar refractivity (Wildman–Crippen MR) is 129 cm³/mol. The number of anilines is 1. The summed E-state index contributed by atoms with van der Waals surface area (Å²) in [6.07, 6.45) is 1.84. The maximum atomic E-state index is 13.0. The fourth-order valence-corrected chi connectivity index (χ4v) is 3.49. The highest BCUT2D eigenvalue weighted by molar-refractivity contribution is 5.89. The number of amides is 2. The lowest BCUT2D eigenvalue weighted by Gasteiger charge is -2.25. The summed E-state index contributed by atoms with van der Waals surface area (Å²) in [5.41, 5.74) is 1.39. The van der Waals surface area contributed by atoms with Gasteiger partial charge in [0.05, 0.1) is 12.2 Å². The Morgan fingerprint density at radius 3 is 2.53 bits per heavy atom. The normalized spacial score (nSPS) is 12.2. The van der Waals surface area contributed by atoms with Crippen molar-refractivity contribution >= 4 is 17.9 Å². The first kappa shape index (κ1) is 25.2. The van der Waals surface area contributed by atoms with Crippen LogP contribution in [0.5, 0.6) is 11.5 Å². The van der Waals surface area contributed by atoms with E-state index in [9.17, 15) is 9.59 Å². The second kappa shape index (κ2) is 11.6. The lowest BCUT2D eigenvalue weighted by Crippen LogP contribution is -2.33. The predicted octanol–water partition coefficient (Wildman–Crippen LogP) is 6.09. The standard InChI is InChI=1S/C26H34N2O6/c1-5-6-10-15-28(25(30)31-17-19-11-8-7-9-12-19)16-20-13-14-21-23(33-18-32-21)22(20)27-24(29)34-26(2,3)4/h7-9,11-14H,5-6,10,15-18H2,1-4H3,(H,27,29). The van der Waals surface area contributed by atoms with Crippen molar-refractivity contribution in [3.05, 3.63) is 53.6 Å². The van der Waals surface area contributed by atoms with Crippen LogP contribution < -0.4 is 14.8 Å². The van der Waals surface area contributed by atoms with E-state index in [1.165, 1.54) is 0 Å². The number of carbonyl (C=O) groups excluding carboxylic acids is 2. The largest absolute Gasteiger partial charge is 0.454 e. The van der Waals surface area contributed by atoms with Gasteiger partial charge in [0, 0.05) is 6.54 Å². The first-order valence-electron chi connectivity index (χ1n) is 11.6. The molecule has 0 bridgehead atoms. The summed E-state index contributed by atoms with van der Waals surface area (Å²) >= 11 is 0. The summed E-state index contributed by atoms with van der Waals surface area (Å²) in [4.78, 5) is 27.2. The van der Waals surface area contributed by atoms with E-state index in [1.807, 2.05) is 36.4 Å². The molecule has 3 rings (SSSR count). The van der Waals surface area contributed by atoms with Crippen LogP contribution in [0.3, 0.4) is 0 Å². The zero-order valence-corrected chi connectivity index (χ0v) is 20.4. The molecule has 0 saturated carbocycles. The van der Waals surface area contributed by atoms with E-state index in [1.54, 1.807) is 31.7 Å². The number of hydrogen-bond acceptors (Lipinski definition) is 6. The smallest absolute Gasteiger partial charge is 0.412 e. The van der Waals surface area contributed by atoms with Gasteiger partial charge in [-0.15, -0.1) is 0 Å². The molecule has 8 heteroatoms. The van der Waals surface area contributed by atoms with Gasteiger partial charge < -0.3 is 23.8 Å². The number of ether oxygens (including phenoxy) is 4. The first-order chi connectivity index (χ1) is 16.3. The minimum absolute atomic E-state index is 0.0567. The van der Waals surface area contributed by atoms with Crippen molar-refractivity contribution in [1.29, 1.82) is 0 Å². The van der Waals surface area contributed by atoms with Gasteiger partial charge in [-0.1, -0.05) is 56.2 Å². The first-order valence-corrected chi connectivity index (χ1v) is 11.6. The summed E-state index contributed by atoms with van der Waals surface area (Å²) in [7, 11) is 0. The Kier molecular flexibility index (Phi) is 8.62. The average molecular weight is 471 g/mol. The minimum Gasteiger partial charge on any atom is -0.454 e. The van der Waals surface area contributed by atoms with Crippen molar-refractivity contribution in [3.63, 3.8) is 0 Å². The Morgan fingerprint density at radius 1 is 1.06 bits per heavy atom. The van der Waals surface area contributed by atoms with Gasteiger partial charge in [-0.2, -0.15) is 0 Å². The van der Waals surface area contributed by atoms with Crippen molar-refractivity contribution in [2.24, 2.45) is 0 Å². The second-order valence-corrected chi connectivity index (χ2v) is 9.13. The zero-order chi connectivity index (χ0) is 24.6. The zero-order valence-electron chi connectivity index (χ0n) is 20.4. The number of carbonyl (C=O) groups is 2. The van der Waals surface area contributed by atoms with Crippen LogP contribution in [-0.2, 0) is 22.6 Å². The summed E-state index contributed by atoms with van der Waals surface area (Å²) in [6, 6.07) is 13.1. The van der Waals surface area contributed by atoms with Crippen LogP contribution in [-0.4, -0.2) is 36.0 Å². The molecule has 1 N–H and O–H groups in total. The lowest BCUT2D eigenvalue weighted by molar-refractivity contribution is 0.0635. The van der Waals surface area contributed by atoms with Gasteiger partial charge in [0.2, 0.25) is 6.79 Å². The molecule has 0 aliphatic carbocycles. The van der Waals surface area contributed by atoms with Gasteiger partial charge in [-0.3, -0.25) is 5.32 Å². The number of nitrogens with zero attached hydrogens (tertiary/aromatic N) is 1. The molecule has 0 unspecified atom stereocenters. The van der Waals surface area contributed by atoms with Gasteiger partial charge in [0.15, 0.2) is 11.5 Å². The second-order valence-electron chi connectivity index (χ2n) is 9.13. The van der Waals surface area contributed by atoms with Crippen molar-refractivity contribution in [2.45, 2.75) is 65.7 Å². The SMILES string of the molecule is CCCCCN(Cc1ccc2c(c1NC(=O)OC(C)(C)C)OCO2)C(=O)OCc1ccccc1. The van der Waals surface area contributed by atoms with Crippen molar-refractivity contribution < 1.29 is 28.5 Å². The molecule has 0 aromatic heterocycles.